The Morgan fingerprint density at radius 2 is 2.19 bits per heavy atom. The Bertz CT molecular complexity index is 438. The van der Waals surface area contributed by atoms with Gasteiger partial charge < -0.3 is 9.47 Å². The summed E-state index contributed by atoms with van der Waals surface area (Å²) in [6, 6.07) is 10.3. The Hall–Kier alpha value is -1.38. The lowest BCUT2D eigenvalue weighted by Gasteiger charge is -2.27. The van der Waals surface area contributed by atoms with E-state index in [1.807, 2.05) is 24.3 Å². The molecule has 1 aromatic carbocycles. The highest BCUT2D eigenvalue weighted by atomic mass is 16.5. The number of hydrogen-bond acceptors (Lipinski definition) is 2. The van der Waals surface area contributed by atoms with Crippen LogP contribution < -0.4 is 0 Å². The van der Waals surface area contributed by atoms with Gasteiger partial charge in [0.25, 0.3) is 0 Å². The fourth-order valence-corrected chi connectivity index (χ4v) is 2.65. The smallest absolute Gasteiger partial charge is 0.0794 e. The molecule has 1 aliphatic rings. The molecule has 0 spiro atoms. The minimum Gasteiger partial charge on any atom is -0.376 e. The normalized spacial score (nSPS) is 22.9. The van der Waals surface area contributed by atoms with Crippen LogP contribution >= 0.6 is 0 Å². The predicted molar refractivity (Wildman–Crippen MR) is 87.1 cm³/mol. The molecule has 1 aromatic rings. The number of hydrogen-bond donors (Lipinski definition) is 0. The maximum atomic E-state index is 6.05. The van der Waals surface area contributed by atoms with E-state index in [1.165, 1.54) is 5.56 Å². The third-order valence-electron chi connectivity index (χ3n) is 3.70. The van der Waals surface area contributed by atoms with Gasteiger partial charge in [-0.1, -0.05) is 55.5 Å². The van der Waals surface area contributed by atoms with Crippen LogP contribution in [0.15, 0.2) is 55.1 Å². The monoisotopic (exact) mass is 286 g/mol. The molecule has 3 atom stereocenters. The summed E-state index contributed by atoms with van der Waals surface area (Å²) in [6.07, 6.45) is 9.78. The highest BCUT2D eigenvalue weighted by Gasteiger charge is 2.19. The van der Waals surface area contributed by atoms with Crippen LogP contribution in [0.5, 0.6) is 0 Å². The maximum absolute atomic E-state index is 6.05. The zero-order chi connectivity index (χ0) is 14.9. The van der Waals surface area contributed by atoms with E-state index in [2.05, 4.69) is 37.8 Å². The highest BCUT2D eigenvalue weighted by molar-refractivity contribution is 5.13. The molecule has 2 rings (SSSR count). The van der Waals surface area contributed by atoms with Gasteiger partial charge in [0.05, 0.1) is 18.8 Å². The van der Waals surface area contributed by atoms with Crippen LogP contribution in [0.4, 0.5) is 0 Å². The standard InChI is InChI=1S/C19H26O2/c1-3-8-18-11-7-12-19(21-18)13-16(2)14-20-15-17-9-5-4-6-10-17/h3-7,9-11,16,18-19H,1,8,12-15H2,2H3/t16-,18-,19+/m1/s1. The molecule has 0 fully saturated rings. The molecule has 0 bridgehead atoms. The molecule has 0 unspecified atom stereocenters. The molecule has 21 heavy (non-hydrogen) atoms. The lowest BCUT2D eigenvalue weighted by molar-refractivity contribution is -0.0146. The van der Waals surface area contributed by atoms with E-state index in [4.69, 9.17) is 9.47 Å². The molecule has 114 valence electrons. The second kappa shape index (κ2) is 8.81. The third kappa shape index (κ3) is 5.86. The van der Waals surface area contributed by atoms with Crippen molar-refractivity contribution in [2.45, 2.75) is 45.0 Å². The van der Waals surface area contributed by atoms with Gasteiger partial charge in [-0.2, -0.15) is 0 Å². The minimum absolute atomic E-state index is 0.207. The van der Waals surface area contributed by atoms with E-state index in [1.54, 1.807) is 0 Å². The van der Waals surface area contributed by atoms with E-state index >= 15 is 0 Å². The molecule has 2 nitrogen and oxygen atoms in total. The van der Waals surface area contributed by atoms with Gasteiger partial charge in [0.1, 0.15) is 0 Å². The summed E-state index contributed by atoms with van der Waals surface area (Å²) in [5, 5.41) is 0. The van der Waals surface area contributed by atoms with Crippen LogP contribution in [0, 0.1) is 5.92 Å². The molecular formula is C19H26O2. The van der Waals surface area contributed by atoms with Crippen LogP contribution in [-0.4, -0.2) is 18.8 Å². The van der Waals surface area contributed by atoms with Gasteiger partial charge in [-0.15, -0.1) is 6.58 Å². The van der Waals surface area contributed by atoms with E-state index < -0.39 is 0 Å². The first-order valence-corrected chi connectivity index (χ1v) is 7.82. The fraction of sp³-hybridized carbons (Fsp3) is 0.474. The van der Waals surface area contributed by atoms with Crippen molar-refractivity contribution in [3.63, 3.8) is 0 Å². The second-order valence-electron chi connectivity index (χ2n) is 5.83. The van der Waals surface area contributed by atoms with E-state index in [0.29, 0.717) is 18.6 Å². The van der Waals surface area contributed by atoms with Gasteiger partial charge in [0, 0.05) is 6.61 Å². The van der Waals surface area contributed by atoms with Crippen molar-refractivity contribution in [2.24, 2.45) is 5.92 Å². The Morgan fingerprint density at radius 3 is 2.95 bits per heavy atom. The summed E-state index contributed by atoms with van der Waals surface area (Å²) < 4.78 is 11.9. The molecule has 1 aliphatic heterocycles. The lowest BCUT2D eigenvalue weighted by atomic mass is 9.99. The first kappa shape index (κ1) is 16.0. The van der Waals surface area contributed by atoms with Crippen LogP contribution in [0.25, 0.3) is 0 Å². The lowest BCUT2D eigenvalue weighted by Crippen LogP contribution is -2.26. The average molecular weight is 286 g/mol. The Balaban J connectivity index is 1.66. The highest BCUT2D eigenvalue weighted by Crippen LogP contribution is 2.21. The zero-order valence-corrected chi connectivity index (χ0v) is 12.9. The molecule has 0 amide bonds. The van der Waals surface area contributed by atoms with Crippen molar-refractivity contribution in [3.8, 4) is 0 Å². The van der Waals surface area contributed by atoms with E-state index in [9.17, 15) is 0 Å². The summed E-state index contributed by atoms with van der Waals surface area (Å²) in [5.74, 6) is 0.509. The Kier molecular flexibility index (Phi) is 6.71. The van der Waals surface area contributed by atoms with Crippen LogP contribution in [0.1, 0.15) is 31.7 Å². The van der Waals surface area contributed by atoms with Crippen molar-refractivity contribution < 1.29 is 9.47 Å². The Labute approximate surface area is 128 Å². The van der Waals surface area contributed by atoms with Crippen molar-refractivity contribution in [2.75, 3.05) is 6.61 Å². The molecule has 0 aromatic heterocycles. The van der Waals surface area contributed by atoms with Crippen LogP contribution in [0.2, 0.25) is 0 Å². The molecule has 0 saturated heterocycles. The summed E-state index contributed by atoms with van der Waals surface area (Å²) in [4.78, 5) is 0. The Morgan fingerprint density at radius 1 is 1.38 bits per heavy atom. The van der Waals surface area contributed by atoms with Crippen molar-refractivity contribution in [3.05, 3.63) is 60.7 Å². The summed E-state index contributed by atoms with van der Waals surface area (Å²) in [6.45, 7) is 7.48. The average Bonchev–Trinajstić information content (AvgIpc) is 2.49. The van der Waals surface area contributed by atoms with E-state index in [0.717, 1.165) is 25.9 Å². The summed E-state index contributed by atoms with van der Waals surface area (Å²) in [5.41, 5.74) is 1.23. The number of rotatable bonds is 8. The quantitative estimate of drug-likeness (QED) is 0.654. The van der Waals surface area contributed by atoms with Crippen molar-refractivity contribution in [1.29, 1.82) is 0 Å². The molecule has 0 saturated carbocycles. The van der Waals surface area contributed by atoms with Crippen LogP contribution in [0.3, 0.4) is 0 Å². The largest absolute Gasteiger partial charge is 0.376 e. The molecular weight excluding hydrogens is 260 g/mol. The van der Waals surface area contributed by atoms with Gasteiger partial charge in [0.15, 0.2) is 0 Å². The molecule has 0 N–H and O–H groups in total. The first-order valence-electron chi connectivity index (χ1n) is 7.82. The topological polar surface area (TPSA) is 18.5 Å². The SMILES string of the molecule is C=CC[C@@H]1C=CC[C@@H](C[C@@H](C)COCc2ccccc2)O1. The molecule has 1 heterocycles. The zero-order valence-electron chi connectivity index (χ0n) is 12.9. The third-order valence-corrected chi connectivity index (χ3v) is 3.70. The first-order chi connectivity index (χ1) is 10.3. The van der Waals surface area contributed by atoms with Gasteiger partial charge >= 0.3 is 0 Å². The second-order valence-corrected chi connectivity index (χ2v) is 5.83. The summed E-state index contributed by atoms with van der Waals surface area (Å²) in [7, 11) is 0. The van der Waals surface area contributed by atoms with E-state index in [-0.39, 0.29) is 6.10 Å². The van der Waals surface area contributed by atoms with Crippen LogP contribution in [-0.2, 0) is 16.1 Å². The van der Waals surface area contributed by atoms with Crippen molar-refractivity contribution in [1.82, 2.24) is 0 Å². The molecule has 0 aliphatic carbocycles. The number of benzene rings is 1. The van der Waals surface area contributed by atoms with Crippen molar-refractivity contribution >= 4 is 0 Å². The van der Waals surface area contributed by atoms with Gasteiger partial charge in [-0.25, -0.2) is 0 Å². The fourth-order valence-electron chi connectivity index (χ4n) is 2.65. The summed E-state index contributed by atoms with van der Waals surface area (Å²) >= 11 is 0. The van der Waals surface area contributed by atoms with Gasteiger partial charge in [-0.05, 0) is 30.7 Å². The number of ether oxygens (including phenoxy) is 2. The van der Waals surface area contributed by atoms with Gasteiger partial charge in [-0.3, -0.25) is 0 Å². The maximum Gasteiger partial charge on any atom is 0.0794 e. The minimum atomic E-state index is 0.207. The predicted octanol–water partition coefficient (Wildman–Crippen LogP) is 4.52. The molecule has 0 radical (unpaired) electrons. The molecule has 2 heteroatoms. The van der Waals surface area contributed by atoms with Gasteiger partial charge in [0.2, 0.25) is 0 Å².